The molecule has 1 aliphatic carbocycles. The van der Waals surface area contributed by atoms with Gasteiger partial charge in [-0.05, 0) is 55.1 Å². The van der Waals surface area contributed by atoms with Crippen molar-refractivity contribution in [2.24, 2.45) is 0 Å². The van der Waals surface area contributed by atoms with Gasteiger partial charge in [-0.25, -0.2) is 0 Å². The lowest BCUT2D eigenvalue weighted by molar-refractivity contribution is 0.446. The molecule has 15 heavy (non-hydrogen) atoms. The van der Waals surface area contributed by atoms with E-state index in [9.17, 15) is 0 Å². The summed E-state index contributed by atoms with van der Waals surface area (Å²) in [6.07, 6.45) is 5.91. The molecule has 0 spiro atoms. The zero-order valence-corrected chi connectivity index (χ0v) is 9.68. The van der Waals surface area contributed by atoms with Crippen LogP contribution in [-0.4, -0.2) is 6.54 Å². The van der Waals surface area contributed by atoms with E-state index < -0.39 is 0 Å². The number of halogens is 1. The van der Waals surface area contributed by atoms with E-state index in [0.717, 1.165) is 18.7 Å². The van der Waals surface area contributed by atoms with Crippen LogP contribution in [0.15, 0.2) is 28.2 Å². The summed E-state index contributed by atoms with van der Waals surface area (Å²) in [5.41, 5.74) is 1.43. The van der Waals surface area contributed by atoms with Crippen LogP contribution in [0.1, 0.15) is 38.0 Å². The van der Waals surface area contributed by atoms with Crippen LogP contribution in [0.25, 0.3) is 0 Å². The average Bonchev–Trinajstić information content (AvgIpc) is 2.85. The summed E-state index contributed by atoms with van der Waals surface area (Å²) in [6.45, 7) is 3.04. The first kappa shape index (κ1) is 10.8. The normalized spacial score (nSPS) is 17.9. The summed E-state index contributed by atoms with van der Waals surface area (Å²) in [7, 11) is 0. The Kier molecular flexibility index (Phi) is 3.49. The van der Waals surface area contributed by atoms with Crippen LogP contribution in [0.5, 0.6) is 0 Å². The molecule has 0 saturated carbocycles. The van der Waals surface area contributed by atoms with Crippen molar-refractivity contribution in [3.63, 3.8) is 0 Å². The minimum atomic E-state index is 0.213. The summed E-state index contributed by atoms with van der Waals surface area (Å²) < 4.78 is 5.47. The maximum atomic E-state index is 5.80. The lowest BCUT2D eigenvalue weighted by Crippen LogP contribution is -2.21. The van der Waals surface area contributed by atoms with Gasteiger partial charge in [-0.1, -0.05) is 13.0 Å². The van der Waals surface area contributed by atoms with Gasteiger partial charge >= 0.3 is 0 Å². The number of rotatable bonds is 4. The van der Waals surface area contributed by atoms with Gasteiger partial charge < -0.3 is 9.73 Å². The first-order valence-corrected chi connectivity index (χ1v) is 5.86. The van der Waals surface area contributed by atoms with Gasteiger partial charge in [0.05, 0.1) is 6.04 Å². The Morgan fingerprint density at radius 1 is 1.53 bits per heavy atom. The molecule has 0 aromatic carbocycles. The molecule has 2 rings (SSSR count). The SMILES string of the molecule is CCNC(C1=CCCC1)c1ccc(Cl)o1. The molecule has 3 heteroatoms. The molecule has 0 bridgehead atoms. The molecule has 1 N–H and O–H groups in total. The van der Waals surface area contributed by atoms with E-state index in [1.165, 1.54) is 18.4 Å². The van der Waals surface area contributed by atoms with Gasteiger partial charge in [-0.3, -0.25) is 0 Å². The number of hydrogen-bond acceptors (Lipinski definition) is 2. The number of allylic oxidation sites excluding steroid dienone is 1. The molecule has 0 saturated heterocycles. The van der Waals surface area contributed by atoms with E-state index in [1.807, 2.05) is 6.07 Å². The van der Waals surface area contributed by atoms with Crippen molar-refractivity contribution in [1.82, 2.24) is 5.32 Å². The van der Waals surface area contributed by atoms with Gasteiger partial charge in [0.2, 0.25) is 0 Å². The van der Waals surface area contributed by atoms with Crippen molar-refractivity contribution in [3.05, 3.63) is 34.8 Å². The molecule has 1 aromatic rings. The lowest BCUT2D eigenvalue weighted by Gasteiger charge is -2.16. The maximum absolute atomic E-state index is 5.80. The molecule has 1 unspecified atom stereocenters. The summed E-state index contributed by atoms with van der Waals surface area (Å²) >= 11 is 5.80. The topological polar surface area (TPSA) is 25.2 Å². The highest BCUT2D eigenvalue weighted by atomic mass is 35.5. The van der Waals surface area contributed by atoms with Crippen molar-refractivity contribution in [3.8, 4) is 0 Å². The third kappa shape index (κ3) is 2.44. The van der Waals surface area contributed by atoms with Crippen molar-refractivity contribution in [2.75, 3.05) is 6.54 Å². The fraction of sp³-hybridized carbons (Fsp3) is 0.500. The van der Waals surface area contributed by atoms with Crippen LogP contribution in [0.2, 0.25) is 5.22 Å². The van der Waals surface area contributed by atoms with Crippen LogP contribution in [0.4, 0.5) is 0 Å². The Bertz CT molecular complexity index is 356. The highest BCUT2D eigenvalue weighted by Gasteiger charge is 2.20. The van der Waals surface area contributed by atoms with Crippen molar-refractivity contribution >= 4 is 11.6 Å². The van der Waals surface area contributed by atoms with Gasteiger partial charge in [0, 0.05) is 0 Å². The molecular formula is C12H16ClNO. The van der Waals surface area contributed by atoms with Crippen molar-refractivity contribution in [2.45, 2.75) is 32.2 Å². The second kappa shape index (κ2) is 4.86. The average molecular weight is 226 g/mol. The Morgan fingerprint density at radius 3 is 2.93 bits per heavy atom. The molecular weight excluding hydrogens is 210 g/mol. The molecule has 0 fully saturated rings. The summed E-state index contributed by atoms with van der Waals surface area (Å²) in [6, 6.07) is 3.97. The highest BCUT2D eigenvalue weighted by Crippen LogP contribution is 2.32. The Balaban J connectivity index is 2.18. The van der Waals surface area contributed by atoms with Gasteiger partial charge in [0.1, 0.15) is 5.76 Å². The molecule has 1 heterocycles. The van der Waals surface area contributed by atoms with Gasteiger partial charge in [-0.2, -0.15) is 0 Å². The molecule has 0 radical (unpaired) electrons. The van der Waals surface area contributed by atoms with E-state index in [2.05, 4.69) is 18.3 Å². The van der Waals surface area contributed by atoms with Crippen molar-refractivity contribution < 1.29 is 4.42 Å². The quantitative estimate of drug-likeness (QED) is 0.791. The third-order valence-electron chi connectivity index (χ3n) is 2.73. The first-order chi connectivity index (χ1) is 7.31. The van der Waals surface area contributed by atoms with Crippen LogP contribution >= 0.6 is 11.6 Å². The van der Waals surface area contributed by atoms with Gasteiger partial charge in [0.25, 0.3) is 0 Å². The fourth-order valence-electron chi connectivity index (χ4n) is 2.06. The van der Waals surface area contributed by atoms with E-state index >= 15 is 0 Å². The molecule has 0 amide bonds. The second-order valence-electron chi connectivity index (χ2n) is 3.80. The first-order valence-electron chi connectivity index (χ1n) is 5.49. The second-order valence-corrected chi connectivity index (χ2v) is 4.18. The van der Waals surface area contributed by atoms with Crippen LogP contribution in [-0.2, 0) is 0 Å². The summed E-state index contributed by atoms with van der Waals surface area (Å²) in [4.78, 5) is 0. The summed E-state index contributed by atoms with van der Waals surface area (Å²) in [5.74, 6) is 0.926. The van der Waals surface area contributed by atoms with E-state index in [1.54, 1.807) is 6.07 Å². The smallest absolute Gasteiger partial charge is 0.193 e. The monoisotopic (exact) mass is 225 g/mol. The predicted molar refractivity (Wildman–Crippen MR) is 62.1 cm³/mol. The molecule has 1 aliphatic rings. The number of hydrogen-bond donors (Lipinski definition) is 1. The van der Waals surface area contributed by atoms with Crippen LogP contribution < -0.4 is 5.32 Å². The maximum Gasteiger partial charge on any atom is 0.193 e. The molecule has 82 valence electrons. The largest absolute Gasteiger partial charge is 0.448 e. The number of furan rings is 1. The minimum absolute atomic E-state index is 0.213. The summed E-state index contributed by atoms with van der Waals surface area (Å²) in [5, 5.41) is 3.90. The lowest BCUT2D eigenvalue weighted by atomic mass is 10.0. The van der Waals surface area contributed by atoms with Crippen molar-refractivity contribution in [1.29, 1.82) is 0 Å². The Labute approximate surface area is 95.3 Å². The van der Waals surface area contributed by atoms with E-state index in [0.29, 0.717) is 5.22 Å². The number of nitrogens with one attached hydrogen (secondary N) is 1. The Hall–Kier alpha value is -0.730. The van der Waals surface area contributed by atoms with E-state index in [-0.39, 0.29) is 6.04 Å². The zero-order valence-electron chi connectivity index (χ0n) is 8.92. The molecule has 0 aliphatic heterocycles. The van der Waals surface area contributed by atoms with Gasteiger partial charge in [0.15, 0.2) is 5.22 Å². The molecule has 1 aromatic heterocycles. The predicted octanol–water partition coefficient (Wildman–Crippen LogP) is 3.69. The fourth-order valence-corrected chi connectivity index (χ4v) is 2.21. The third-order valence-corrected chi connectivity index (χ3v) is 2.94. The number of likely N-dealkylation sites (N-methyl/N-ethyl adjacent to an activating group) is 1. The standard InChI is InChI=1S/C12H16ClNO/c1-2-14-12(9-5-3-4-6-9)10-7-8-11(13)15-10/h5,7-8,12,14H,2-4,6H2,1H3. The minimum Gasteiger partial charge on any atom is -0.448 e. The Morgan fingerprint density at radius 2 is 2.40 bits per heavy atom. The highest BCUT2D eigenvalue weighted by molar-refractivity contribution is 6.28. The molecule has 2 nitrogen and oxygen atoms in total. The van der Waals surface area contributed by atoms with E-state index in [4.69, 9.17) is 16.0 Å². The zero-order chi connectivity index (χ0) is 10.7. The van der Waals surface area contributed by atoms with Crippen LogP contribution in [0, 0.1) is 0 Å². The molecule has 1 atom stereocenters. The van der Waals surface area contributed by atoms with Crippen LogP contribution in [0.3, 0.4) is 0 Å². The van der Waals surface area contributed by atoms with Gasteiger partial charge in [-0.15, -0.1) is 0 Å².